The summed E-state index contributed by atoms with van der Waals surface area (Å²) in [4.78, 5) is 14.6. The van der Waals surface area contributed by atoms with Crippen molar-refractivity contribution in [2.45, 2.75) is 25.2 Å². The second kappa shape index (κ2) is 8.25. The van der Waals surface area contributed by atoms with Gasteiger partial charge >= 0.3 is 0 Å². The van der Waals surface area contributed by atoms with Crippen LogP contribution >= 0.6 is 0 Å². The number of nitrogens with zero attached hydrogens (tertiary/aromatic N) is 3. The van der Waals surface area contributed by atoms with Crippen molar-refractivity contribution in [2.24, 2.45) is 0 Å². The molecule has 4 rings (SSSR count). The maximum Gasteiger partial charge on any atom is 0.247 e. The van der Waals surface area contributed by atoms with E-state index in [9.17, 15) is 4.79 Å². The molecule has 0 saturated carbocycles. The van der Waals surface area contributed by atoms with Crippen molar-refractivity contribution in [3.8, 4) is 17.2 Å². The molecule has 0 aliphatic carbocycles. The smallest absolute Gasteiger partial charge is 0.247 e. The highest BCUT2D eigenvalue weighted by molar-refractivity contribution is 5.79. The number of carbonyl (C=O) groups is 1. The highest BCUT2D eigenvalue weighted by Gasteiger charge is 2.28. The Balaban J connectivity index is 1.45. The van der Waals surface area contributed by atoms with Crippen molar-refractivity contribution in [2.75, 3.05) is 20.2 Å². The zero-order chi connectivity index (χ0) is 19.3. The summed E-state index contributed by atoms with van der Waals surface area (Å²) in [7, 11) is 1.63. The lowest BCUT2D eigenvalue weighted by atomic mass is 9.97. The molecule has 1 aliphatic heterocycles. The van der Waals surface area contributed by atoms with Gasteiger partial charge in [-0.3, -0.25) is 4.79 Å². The molecule has 0 unspecified atom stereocenters. The molecule has 6 heteroatoms. The minimum atomic E-state index is 0.0698. The molecule has 1 saturated heterocycles. The van der Waals surface area contributed by atoms with Crippen LogP contribution in [-0.2, 0) is 11.2 Å². The SMILES string of the molecule is COc1cccc(-c2nnc([C@@H]3CCCN(C(=O)Cc4ccccc4)C3)o2)c1. The molecule has 1 atom stereocenters. The highest BCUT2D eigenvalue weighted by atomic mass is 16.5. The zero-order valence-electron chi connectivity index (χ0n) is 15.9. The zero-order valence-corrected chi connectivity index (χ0v) is 15.9. The molecule has 1 fully saturated rings. The van der Waals surface area contributed by atoms with Crippen LogP contribution in [0.1, 0.15) is 30.2 Å². The topological polar surface area (TPSA) is 68.5 Å². The monoisotopic (exact) mass is 377 g/mol. The number of likely N-dealkylation sites (tertiary alicyclic amines) is 1. The van der Waals surface area contributed by atoms with E-state index < -0.39 is 0 Å². The van der Waals surface area contributed by atoms with Crippen LogP contribution in [0.3, 0.4) is 0 Å². The second-order valence-electron chi connectivity index (χ2n) is 7.02. The van der Waals surface area contributed by atoms with Crippen LogP contribution in [0.5, 0.6) is 5.75 Å². The number of hydrogen-bond donors (Lipinski definition) is 0. The molecule has 144 valence electrons. The highest BCUT2D eigenvalue weighted by Crippen LogP contribution is 2.29. The van der Waals surface area contributed by atoms with Crippen molar-refractivity contribution < 1.29 is 13.9 Å². The molecular formula is C22H23N3O3. The maximum absolute atomic E-state index is 12.7. The van der Waals surface area contributed by atoms with E-state index in [1.807, 2.05) is 59.5 Å². The van der Waals surface area contributed by atoms with Gasteiger partial charge in [0.15, 0.2) is 0 Å². The fraction of sp³-hybridized carbons (Fsp3) is 0.318. The molecule has 6 nitrogen and oxygen atoms in total. The van der Waals surface area contributed by atoms with Crippen molar-refractivity contribution >= 4 is 5.91 Å². The minimum absolute atomic E-state index is 0.0698. The van der Waals surface area contributed by atoms with E-state index in [2.05, 4.69) is 10.2 Å². The summed E-state index contributed by atoms with van der Waals surface area (Å²) in [5.41, 5.74) is 1.86. The Bertz CT molecular complexity index is 939. The number of rotatable bonds is 5. The van der Waals surface area contributed by atoms with E-state index in [1.165, 1.54) is 0 Å². The van der Waals surface area contributed by atoms with Gasteiger partial charge in [0.05, 0.1) is 19.4 Å². The summed E-state index contributed by atoms with van der Waals surface area (Å²) < 4.78 is 11.2. The average Bonchev–Trinajstić information content (AvgIpc) is 3.25. The summed E-state index contributed by atoms with van der Waals surface area (Å²) in [5, 5.41) is 8.45. The first kappa shape index (κ1) is 18.2. The Morgan fingerprint density at radius 1 is 1.18 bits per heavy atom. The number of piperidine rings is 1. The number of hydrogen-bond acceptors (Lipinski definition) is 5. The molecule has 2 heterocycles. The largest absolute Gasteiger partial charge is 0.497 e. The molecule has 28 heavy (non-hydrogen) atoms. The number of amides is 1. The van der Waals surface area contributed by atoms with Gasteiger partial charge in [-0.2, -0.15) is 0 Å². The number of carbonyl (C=O) groups excluding carboxylic acids is 1. The van der Waals surface area contributed by atoms with Gasteiger partial charge in [0.1, 0.15) is 5.75 Å². The third-order valence-corrected chi connectivity index (χ3v) is 5.08. The van der Waals surface area contributed by atoms with Gasteiger partial charge in [0.2, 0.25) is 17.7 Å². The van der Waals surface area contributed by atoms with Crippen LogP contribution in [0, 0.1) is 0 Å². The fourth-order valence-corrected chi connectivity index (χ4v) is 3.56. The maximum atomic E-state index is 12.7. The van der Waals surface area contributed by atoms with E-state index in [0.29, 0.717) is 24.7 Å². The standard InChI is InChI=1S/C22H23N3O3/c1-27-19-11-5-9-17(14-19)21-23-24-22(28-21)18-10-6-12-25(15-18)20(26)13-16-7-3-2-4-8-16/h2-5,7-9,11,14,18H,6,10,12-13,15H2,1H3/t18-/m1/s1. The van der Waals surface area contributed by atoms with E-state index in [4.69, 9.17) is 9.15 Å². The second-order valence-corrected chi connectivity index (χ2v) is 7.02. The van der Waals surface area contributed by atoms with Gasteiger partial charge in [0, 0.05) is 18.7 Å². The normalized spacial score (nSPS) is 16.8. The van der Waals surface area contributed by atoms with Crippen molar-refractivity contribution in [1.82, 2.24) is 15.1 Å². The Labute approximate surface area is 164 Å². The predicted molar refractivity (Wildman–Crippen MR) is 105 cm³/mol. The van der Waals surface area contributed by atoms with E-state index >= 15 is 0 Å². The molecule has 3 aromatic rings. The van der Waals surface area contributed by atoms with Gasteiger partial charge in [0.25, 0.3) is 0 Å². The molecule has 1 aliphatic rings. The van der Waals surface area contributed by atoms with Crippen LogP contribution < -0.4 is 4.74 Å². The fourth-order valence-electron chi connectivity index (χ4n) is 3.56. The van der Waals surface area contributed by atoms with Crippen LogP contribution in [-0.4, -0.2) is 41.2 Å². The van der Waals surface area contributed by atoms with E-state index in [-0.39, 0.29) is 11.8 Å². The van der Waals surface area contributed by atoms with Gasteiger partial charge in [-0.1, -0.05) is 36.4 Å². The molecule has 1 aromatic heterocycles. The summed E-state index contributed by atoms with van der Waals surface area (Å²) in [6.45, 7) is 1.39. The summed E-state index contributed by atoms with van der Waals surface area (Å²) in [6, 6.07) is 17.4. The molecule has 2 aromatic carbocycles. The first-order chi connectivity index (χ1) is 13.7. The van der Waals surface area contributed by atoms with Crippen LogP contribution in [0.15, 0.2) is 59.0 Å². The Hall–Kier alpha value is -3.15. The Morgan fingerprint density at radius 2 is 2.04 bits per heavy atom. The number of methoxy groups -OCH3 is 1. The van der Waals surface area contributed by atoms with E-state index in [1.54, 1.807) is 7.11 Å². The Kier molecular flexibility index (Phi) is 5.37. The summed E-state index contributed by atoms with van der Waals surface area (Å²) in [5.74, 6) is 2.02. The van der Waals surface area contributed by atoms with Gasteiger partial charge in [-0.25, -0.2) is 0 Å². The van der Waals surface area contributed by atoms with Crippen LogP contribution in [0.4, 0.5) is 0 Å². The first-order valence-corrected chi connectivity index (χ1v) is 9.52. The number of benzene rings is 2. The molecule has 1 amide bonds. The minimum Gasteiger partial charge on any atom is -0.497 e. The lowest BCUT2D eigenvalue weighted by Gasteiger charge is -2.31. The van der Waals surface area contributed by atoms with Gasteiger partial charge in [-0.15, -0.1) is 10.2 Å². The van der Waals surface area contributed by atoms with Gasteiger partial charge in [-0.05, 0) is 36.6 Å². The summed E-state index contributed by atoms with van der Waals surface area (Å²) in [6.07, 6.45) is 2.30. The third kappa shape index (κ3) is 4.06. The lowest BCUT2D eigenvalue weighted by Crippen LogP contribution is -2.40. The van der Waals surface area contributed by atoms with Crippen molar-refractivity contribution in [1.29, 1.82) is 0 Å². The number of ether oxygens (including phenoxy) is 1. The van der Waals surface area contributed by atoms with Crippen LogP contribution in [0.25, 0.3) is 11.5 Å². The quantitative estimate of drug-likeness (QED) is 0.678. The van der Waals surface area contributed by atoms with Gasteiger partial charge < -0.3 is 14.1 Å². The molecular weight excluding hydrogens is 354 g/mol. The predicted octanol–water partition coefficient (Wildman–Crippen LogP) is 3.69. The molecule has 0 spiro atoms. The lowest BCUT2D eigenvalue weighted by molar-refractivity contribution is -0.131. The first-order valence-electron chi connectivity index (χ1n) is 9.52. The van der Waals surface area contributed by atoms with Crippen molar-refractivity contribution in [3.05, 3.63) is 66.1 Å². The molecule has 0 N–H and O–H groups in total. The average molecular weight is 377 g/mol. The third-order valence-electron chi connectivity index (χ3n) is 5.08. The summed E-state index contributed by atoms with van der Waals surface area (Å²) >= 11 is 0. The molecule has 0 bridgehead atoms. The van der Waals surface area contributed by atoms with Crippen LogP contribution in [0.2, 0.25) is 0 Å². The Morgan fingerprint density at radius 3 is 2.86 bits per heavy atom. The number of aromatic nitrogens is 2. The molecule has 0 radical (unpaired) electrons. The van der Waals surface area contributed by atoms with Crippen molar-refractivity contribution in [3.63, 3.8) is 0 Å². The van der Waals surface area contributed by atoms with E-state index in [0.717, 1.165) is 36.3 Å².